The van der Waals surface area contributed by atoms with E-state index in [4.69, 9.17) is 11.6 Å². The van der Waals surface area contributed by atoms with E-state index in [2.05, 4.69) is 11.4 Å². The Balaban J connectivity index is 0.00000200. The Morgan fingerprint density at radius 1 is 1.00 bits per heavy atom. The summed E-state index contributed by atoms with van der Waals surface area (Å²) in [6.07, 6.45) is 2.00. The van der Waals surface area contributed by atoms with Crippen molar-refractivity contribution in [2.75, 3.05) is 6.54 Å². The molecule has 0 fully saturated rings. The van der Waals surface area contributed by atoms with Crippen molar-refractivity contribution >= 4 is 24.0 Å². The third kappa shape index (κ3) is 5.49. The Morgan fingerprint density at radius 2 is 1.70 bits per heavy atom. The summed E-state index contributed by atoms with van der Waals surface area (Å²) in [4.78, 5) is 0. The molecule has 0 unspecified atom stereocenters. The summed E-state index contributed by atoms with van der Waals surface area (Å²) in [7, 11) is 0. The predicted octanol–water partition coefficient (Wildman–Crippen LogP) is 4.62. The van der Waals surface area contributed by atoms with Gasteiger partial charge in [-0.15, -0.1) is 12.4 Å². The fraction of sp³-hybridized carbons (Fsp3) is 0.250. The number of nitrogens with one attached hydrogen (secondary N) is 1. The summed E-state index contributed by atoms with van der Waals surface area (Å²) in [6.45, 7) is 1.69. The summed E-state index contributed by atoms with van der Waals surface area (Å²) < 4.78 is 12.7. The van der Waals surface area contributed by atoms with E-state index < -0.39 is 0 Å². The Morgan fingerprint density at radius 3 is 2.40 bits per heavy atom. The molecule has 0 saturated heterocycles. The maximum atomic E-state index is 12.7. The van der Waals surface area contributed by atoms with Crippen LogP contribution in [0.5, 0.6) is 0 Å². The van der Waals surface area contributed by atoms with Crippen LogP contribution in [0, 0.1) is 5.82 Å². The van der Waals surface area contributed by atoms with Crippen molar-refractivity contribution in [3.05, 3.63) is 70.5 Å². The number of hydrogen-bond donors (Lipinski definition) is 1. The number of aryl methyl sites for hydroxylation is 1. The van der Waals surface area contributed by atoms with E-state index in [0.29, 0.717) is 0 Å². The highest BCUT2D eigenvalue weighted by Crippen LogP contribution is 2.16. The van der Waals surface area contributed by atoms with Crippen molar-refractivity contribution in [3.63, 3.8) is 0 Å². The van der Waals surface area contributed by atoms with E-state index in [0.717, 1.165) is 36.5 Å². The van der Waals surface area contributed by atoms with Crippen LogP contribution in [-0.4, -0.2) is 6.54 Å². The topological polar surface area (TPSA) is 12.0 Å². The van der Waals surface area contributed by atoms with Crippen LogP contribution in [0.2, 0.25) is 5.02 Å². The molecule has 108 valence electrons. The average molecular weight is 314 g/mol. The van der Waals surface area contributed by atoms with Crippen molar-refractivity contribution in [2.24, 2.45) is 0 Å². The van der Waals surface area contributed by atoms with Crippen LogP contribution < -0.4 is 5.32 Å². The van der Waals surface area contributed by atoms with Crippen LogP contribution >= 0.6 is 24.0 Å². The molecule has 0 aromatic heterocycles. The minimum Gasteiger partial charge on any atom is -0.313 e. The van der Waals surface area contributed by atoms with Crippen LogP contribution in [0.4, 0.5) is 4.39 Å². The normalized spacial score (nSPS) is 10.1. The lowest BCUT2D eigenvalue weighted by molar-refractivity contribution is 0.622. The molecule has 2 aromatic rings. The lowest BCUT2D eigenvalue weighted by atomic mass is 10.1. The van der Waals surface area contributed by atoms with Crippen molar-refractivity contribution in [1.29, 1.82) is 0 Å². The first-order valence-corrected chi connectivity index (χ1v) is 6.82. The van der Waals surface area contributed by atoms with Gasteiger partial charge in [-0.2, -0.15) is 0 Å². The highest BCUT2D eigenvalue weighted by Gasteiger charge is 1.98. The first-order valence-electron chi connectivity index (χ1n) is 6.44. The highest BCUT2D eigenvalue weighted by molar-refractivity contribution is 6.31. The Kier molecular flexibility index (Phi) is 7.60. The Labute approximate surface area is 130 Å². The number of halogens is 3. The molecule has 4 heteroatoms. The molecule has 0 heterocycles. The third-order valence-corrected chi connectivity index (χ3v) is 3.37. The van der Waals surface area contributed by atoms with Crippen molar-refractivity contribution in [1.82, 2.24) is 5.32 Å². The van der Waals surface area contributed by atoms with Gasteiger partial charge in [-0.3, -0.25) is 0 Å². The Hall–Kier alpha value is -1.09. The van der Waals surface area contributed by atoms with Gasteiger partial charge in [0.1, 0.15) is 5.82 Å². The standard InChI is InChI=1S/C16H17ClFN.ClH/c17-16-6-2-1-4-14(16)5-3-11-19-12-13-7-9-15(18)10-8-13;/h1-2,4,6-10,19H,3,5,11-12H2;1H. The molecule has 2 rings (SSSR count). The maximum absolute atomic E-state index is 12.7. The maximum Gasteiger partial charge on any atom is 0.123 e. The quantitative estimate of drug-likeness (QED) is 0.767. The zero-order valence-electron chi connectivity index (χ0n) is 11.1. The molecule has 0 amide bonds. The van der Waals surface area contributed by atoms with Crippen LogP contribution in [0.15, 0.2) is 48.5 Å². The lowest BCUT2D eigenvalue weighted by Gasteiger charge is -2.06. The molecule has 1 N–H and O–H groups in total. The first-order chi connectivity index (χ1) is 9.25. The van der Waals surface area contributed by atoms with Gasteiger partial charge in [-0.1, -0.05) is 41.9 Å². The summed E-state index contributed by atoms with van der Waals surface area (Å²) in [6, 6.07) is 14.5. The van der Waals surface area contributed by atoms with Gasteiger partial charge in [-0.05, 0) is 48.7 Å². The van der Waals surface area contributed by atoms with Crippen LogP contribution in [0.25, 0.3) is 0 Å². The lowest BCUT2D eigenvalue weighted by Crippen LogP contribution is -2.15. The largest absolute Gasteiger partial charge is 0.313 e. The third-order valence-electron chi connectivity index (χ3n) is 3.00. The second kappa shape index (κ2) is 8.96. The molecule has 0 bridgehead atoms. The summed E-state index contributed by atoms with van der Waals surface area (Å²) in [5.41, 5.74) is 2.28. The SMILES string of the molecule is Cl.Fc1ccc(CNCCCc2ccccc2Cl)cc1. The zero-order valence-corrected chi connectivity index (χ0v) is 12.7. The second-order valence-electron chi connectivity index (χ2n) is 4.50. The van der Waals surface area contributed by atoms with Gasteiger partial charge >= 0.3 is 0 Å². The molecule has 0 aliphatic carbocycles. The first kappa shape index (κ1) is 17.0. The molecule has 2 aromatic carbocycles. The average Bonchev–Trinajstić information content (AvgIpc) is 2.42. The van der Waals surface area contributed by atoms with Gasteiger partial charge < -0.3 is 5.32 Å². The molecule has 0 aliphatic rings. The van der Waals surface area contributed by atoms with E-state index in [1.54, 1.807) is 12.1 Å². The van der Waals surface area contributed by atoms with E-state index in [1.165, 1.54) is 17.7 Å². The predicted molar refractivity (Wildman–Crippen MR) is 85.1 cm³/mol. The monoisotopic (exact) mass is 313 g/mol. The number of hydrogen-bond acceptors (Lipinski definition) is 1. The van der Waals surface area contributed by atoms with E-state index in [9.17, 15) is 4.39 Å². The van der Waals surface area contributed by atoms with Gasteiger partial charge in [0.25, 0.3) is 0 Å². The molecular formula is C16H18Cl2FN. The minimum atomic E-state index is -0.192. The Bertz CT molecular complexity index is 514. The van der Waals surface area contributed by atoms with Gasteiger partial charge in [0.05, 0.1) is 0 Å². The molecule has 0 radical (unpaired) electrons. The van der Waals surface area contributed by atoms with Gasteiger partial charge in [0, 0.05) is 11.6 Å². The smallest absolute Gasteiger partial charge is 0.123 e. The molecule has 0 aliphatic heterocycles. The van der Waals surface area contributed by atoms with Crippen molar-refractivity contribution < 1.29 is 4.39 Å². The molecule has 1 nitrogen and oxygen atoms in total. The summed E-state index contributed by atoms with van der Waals surface area (Å²) >= 11 is 6.09. The molecule has 20 heavy (non-hydrogen) atoms. The molecule has 0 saturated carbocycles. The van der Waals surface area contributed by atoms with Gasteiger partial charge in [0.15, 0.2) is 0 Å². The summed E-state index contributed by atoms with van der Waals surface area (Å²) in [5.74, 6) is -0.192. The van der Waals surface area contributed by atoms with Crippen LogP contribution in [0.1, 0.15) is 17.5 Å². The number of benzene rings is 2. The highest BCUT2D eigenvalue weighted by atomic mass is 35.5. The number of rotatable bonds is 6. The molecular weight excluding hydrogens is 296 g/mol. The second-order valence-corrected chi connectivity index (χ2v) is 4.91. The summed E-state index contributed by atoms with van der Waals surface area (Å²) in [5, 5.41) is 4.18. The fourth-order valence-electron chi connectivity index (χ4n) is 1.94. The van der Waals surface area contributed by atoms with E-state index >= 15 is 0 Å². The van der Waals surface area contributed by atoms with E-state index in [-0.39, 0.29) is 18.2 Å². The van der Waals surface area contributed by atoms with Gasteiger partial charge in [0.2, 0.25) is 0 Å². The molecule has 0 spiro atoms. The minimum absolute atomic E-state index is 0. The van der Waals surface area contributed by atoms with E-state index in [1.807, 2.05) is 18.2 Å². The van der Waals surface area contributed by atoms with Gasteiger partial charge in [-0.25, -0.2) is 4.39 Å². The van der Waals surface area contributed by atoms with Crippen LogP contribution in [0.3, 0.4) is 0 Å². The van der Waals surface area contributed by atoms with Crippen molar-refractivity contribution in [2.45, 2.75) is 19.4 Å². The molecule has 0 atom stereocenters. The van der Waals surface area contributed by atoms with Crippen LogP contribution in [-0.2, 0) is 13.0 Å². The fourth-order valence-corrected chi connectivity index (χ4v) is 2.17. The zero-order chi connectivity index (χ0) is 13.5. The van der Waals surface area contributed by atoms with Crippen molar-refractivity contribution in [3.8, 4) is 0 Å².